The molecule has 1 unspecified atom stereocenters. The van der Waals surface area contributed by atoms with Crippen LogP contribution in [0, 0.1) is 0 Å². The van der Waals surface area contributed by atoms with Crippen molar-refractivity contribution in [1.82, 2.24) is 15.8 Å². The van der Waals surface area contributed by atoms with Crippen LogP contribution in [-0.2, 0) is 6.54 Å². The van der Waals surface area contributed by atoms with E-state index in [0.29, 0.717) is 25.0 Å². The van der Waals surface area contributed by atoms with Crippen LogP contribution in [0.15, 0.2) is 45.9 Å². The van der Waals surface area contributed by atoms with Gasteiger partial charge < -0.3 is 20.3 Å². The molecule has 0 saturated carbocycles. The number of benzene rings is 1. The van der Waals surface area contributed by atoms with E-state index in [2.05, 4.69) is 34.6 Å². The van der Waals surface area contributed by atoms with Crippen molar-refractivity contribution in [2.24, 2.45) is 4.99 Å². The highest BCUT2D eigenvalue weighted by atomic mass is 127. The molecule has 1 heterocycles. The molecule has 6 nitrogen and oxygen atoms in total. The lowest BCUT2D eigenvalue weighted by atomic mass is 9.99. The Morgan fingerprint density at radius 3 is 2.43 bits per heavy atom. The van der Waals surface area contributed by atoms with Crippen LogP contribution >= 0.6 is 24.0 Å². The van der Waals surface area contributed by atoms with Crippen molar-refractivity contribution >= 4 is 29.9 Å². The van der Waals surface area contributed by atoms with Crippen LogP contribution in [0.4, 0.5) is 0 Å². The Labute approximate surface area is 185 Å². The number of nitrogens with one attached hydrogen (secondary N) is 2. The van der Waals surface area contributed by atoms with Crippen LogP contribution in [0.5, 0.6) is 0 Å². The Bertz CT molecular complexity index is 687. The summed E-state index contributed by atoms with van der Waals surface area (Å²) < 4.78 is 5.44. The first kappa shape index (κ1) is 24.4. The number of aliphatic hydroxyl groups is 1. The first-order chi connectivity index (χ1) is 13.2. The summed E-state index contributed by atoms with van der Waals surface area (Å²) in [6, 6.07) is 12.0. The lowest BCUT2D eigenvalue weighted by molar-refractivity contribution is 0.265. The number of aliphatic hydroxyl groups excluding tert-OH is 1. The van der Waals surface area contributed by atoms with Gasteiger partial charge in [0.25, 0.3) is 0 Å². The van der Waals surface area contributed by atoms with Gasteiger partial charge >= 0.3 is 0 Å². The van der Waals surface area contributed by atoms with E-state index >= 15 is 0 Å². The highest BCUT2D eigenvalue weighted by Crippen LogP contribution is 2.22. The summed E-state index contributed by atoms with van der Waals surface area (Å²) >= 11 is 0. The minimum absolute atomic E-state index is 0. The number of rotatable bonds is 10. The zero-order valence-corrected chi connectivity index (χ0v) is 19.3. The largest absolute Gasteiger partial charge is 0.396 e. The smallest absolute Gasteiger partial charge is 0.191 e. The van der Waals surface area contributed by atoms with E-state index in [1.807, 2.05) is 43.3 Å². The molecular formula is C21H33IN4O2. The molecule has 3 N–H and O–H groups in total. The quantitative estimate of drug-likeness (QED) is 0.261. The topological polar surface area (TPSA) is 82.7 Å². The normalized spacial score (nSPS) is 12.5. The van der Waals surface area contributed by atoms with Crippen molar-refractivity contribution in [3.05, 3.63) is 53.4 Å². The summed E-state index contributed by atoms with van der Waals surface area (Å²) in [5, 5.41) is 20.4. The molecule has 0 radical (unpaired) electrons. The van der Waals surface area contributed by atoms with Gasteiger partial charge in [-0.1, -0.05) is 49.3 Å². The van der Waals surface area contributed by atoms with Gasteiger partial charge in [0.05, 0.1) is 12.3 Å². The molecule has 0 bridgehead atoms. The van der Waals surface area contributed by atoms with Gasteiger partial charge in [0, 0.05) is 31.0 Å². The third-order valence-electron chi connectivity index (χ3n) is 4.73. The molecule has 0 aliphatic carbocycles. The third-order valence-corrected chi connectivity index (χ3v) is 4.73. The average molecular weight is 500 g/mol. The Morgan fingerprint density at radius 2 is 1.82 bits per heavy atom. The van der Waals surface area contributed by atoms with Crippen molar-refractivity contribution in [1.29, 1.82) is 0 Å². The lowest BCUT2D eigenvalue weighted by Crippen LogP contribution is -2.39. The number of nitrogens with zero attached hydrogens (tertiary/aromatic N) is 2. The van der Waals surface area contributed by atoms with Crippen LogP contribution in [0.25, 0.3) is 0 Å². The van der Waals surface area contributed by atoms with Crippen molar-refractivity contribution in [2.45, 2.75) is 52.0 Å². The number of hydrogen-bond donors (Lipinski definition) is 3. The fourth-order valence-corrected chi connectivity index (χ4v) is 3.03. The highest BCUT2D eigenvalue weighted by molar-refractivity contribution is 14.0. The third kappa shape index (κ3) is 7.43. The molecule has 156 valence electrons. The maximum atomic E-state index is 9.71. The van der Waals surface area contributed by atoms with Gasteiger partial charge in [-0.05, 0) is 25.3 Å². The molecule has 0 aliphatic heterocycles. The van der Waals surface area contributed by atoms with Crippen molar-refractivity contribution < 1.29 is 9.63 Å². The maximum Gasteiger partial charge on any atom is 0.191 e. The van der Waals surface area contributed by atoms with Crippen LogP contribution < -0.4 is 10.6 Å². The Morgan fingerprint density at radius 1 is 1.11 bits per heavy atom. The van der Waals surface area contributed by atoms with E-state index in [1.54, 1.807) is 0 Å². The Hall–Kier alpha value is -1.61. The molecule has 1 aromatic carbocycles. The van der Waals surface area contributed by atoms with Gasteiger partial charge in [-0.15, -0.1) is 24.0 Å². The fraction of sp³-hybridized carbons (Fsp3) is 0.524. The van der Waals surface area contributed by atoms with Gasteiger partial charge in [0.15, 0.2) is 11.7 Å². The second-order valence-electron chi connectivity index (χ2n) is 6.60. The zero-order chi connectivity index (χ0) is 19.5. The Balaban J connectivity index is 0.00000392. The molecule has 0 spiro atoms. The Kier molecular flexibility index (Phi) is 11.8. The molecule has 2 aromatic rings. The summed E-state index contributed by atoms with van der Waals surface area (Å²) in [5.41, 5.74) is 2.11. The summed E-state index contributed by atoms with van der Waals surface area (Å²) in [6.45, 7) is 8.22. The molecule has 28 heavy (non-hydrogen) atoms. The van der Waals surface area contributed by atoms with Crippen LogP contribution in [0.2, 0.25) is 0 Å². The molecule has 2 rings (SSSR count). The fourth-order valence-electron chi connectivity index (χ4n) is 3.03. The second kappa shape index (κ2) is 13.5. The molecule has 0 saturated heterocycles. The van der Waals surface area contributed by atoms with Gasteiger partial charge in [-0.2, -0.15) is 0 Å². The average Bonchev–Trinajstić information content (AvgIpc) is 3.17. The number of hydrogen-bond acceptors (Lipinski definition) is 4. The maximum absolute atomic E-state index is 9.71. The van der Waals surface area contributed by atoms with E-state index < -0.39 is 0 Å². The van der Waals surface area contributed by atoms with Gasteiger partial charge in [0.1, 0.15) is 6.54 Å². The summed E-state index contributed by atoms with van der Waals surface area (Å²) in [7, 11) is 0. The van der Waals surface area contributed by atoms with Crippen molar-refractivity contribution in [3.63, 3.8) is 0 Å². The monoisotopic (exact) mass is 500 g/mol. The van der Waals surface area contributed by atoms with Crippen LogP contribution in [0.3, 0.4) is 0 Å². The zero-order valence-electron chi connectivity index (χ0n) is 17.0. The molecular weight excluding hydrogens is 467 g/mol. The van der Waals surface area contributed by atoms with E-state index in [0.717, 1.165) is 36.4 Å². The van der Waals surface area contributed by atoms with Gasteiger partial charge in [-0.25, -0.2) is 4.99 Å². The summed E-state index contributed by atoms with van der Waals surface area (Å²) in [6.07, 6.45) is 2.11. The van der Waals surface area contributed by atoms with E-state index in [1.165, 1.54) is 0 Å². The van der Waals surface area contributed by atoms with Crippen molar-refractivity contribution in [3.8, 4) is 0 Å². The highest BCUT2D eigenvalue weighted by Gasteiger charge is 2.13. The number of aromatic nitrogens is 1. The molecule has 0 aliphatic rings. The first-order valence-electron chi connectivity index (χ1n) is 9.85. The van der Waals surface area contributed by atoms with Crippen LogP contribution in [0.1, 0.15) is 62.5 Å². The van der Waals surface area contributed by atoms with E-state index in [4.69, 9.17) is 4.52 Å². The molecule has 1 aromatic heterocycles. The van der Waals surface area contributed by atoms with Gasteiger partial charge in [-0.3, -0.25) is 0 Å². The standard InChI is InChI=1S/C21H32N4O2.HI/c1-4-16(5-2)20-12-19(27-25-20)14-24-21(22-6-3)23-13-18(15-26)17-10-8-7-9-11-17;/h7-12,16,18,26H,4-6,13-15H2,1-3H3,(H2,22,23,24);1H. The SMILES string of the molecule is CCNC(=NCc1cc(C(CC)CC)no1)NCC(CO)c1ccccc1.I. The minimum Gasteiger partial charge on any atom is -0.396 e. The molecule has 0 amide bonds. The molecule has 1 atom stereocenters. The van der Waals surface area contributed by atoms with E-state index in [9.17, 15) is 5.11 Å². The van der Waals surface area contributed by atoms with Crippen molar-refractivity contribution in [2.75, 3.05) is 19.7 Å². The number of guanidine groups is 1. The molecule has 7 heteroatoms. The molecule has 0 fully saturated rings. The predicted octanol–water partition coefficient (Wildman–Crippen LogP) is 4.03. The first-order valence-corrected chi connectivity index (χ1v) is 9.85. The van der Waals surface area contributed by atoms with E-state index in [-0.39, 0.29) is 36.5 Å². The number of aliphatic imine (C=N–C) groups is 1. The van der Waals surface area contributed by atoms with Gasteiger partial charge in [0.2, 0.25) is 0 Å². The van der Waals surface area contributed by atoms with Crippen LogP contribution in [-0.4, -0.2) is 35.9 Å². The summed E-state index contributed by atoms with van der Waals surface area (Å²) in [4.78, 5) is 4.59. The predicted molar refractivity (Wildman–Crippen MR) is 124 cm³/mol. The number of halogens is 1. The lowest BCUT2D eigenvalue weighted by Gasteiger charge is -2.17. The minimum atomic E-state index is 0. The summed E-state index contributed by atoms with van der Waals surface area (Å²) in [5.74, 6) is 1.92. The second-order valence-corrected chi connectivity index (χ2v) is 6.60.